The maximum absolute atomic E-state index is 13.8. The van der Waals surface area contributed by atoms with Crippen LogP contribution in [0.5, 0.6) is 0 Å². The van der Waals surface area contributed by atoms with Gasteiger partial charge >= 0.3 is 6.18 Å². The molecular weight excluding hydrogens is 419 g/mol. The van der Waals surface area contributed by atoms with Gasteiger partial charge in [-0.1, -0.05) is 6.07 Å². The minimum absolute atomic E-state index is 0.0409. The first-order valence-electron chi connectivity index (χ1n) is 9.32. The van der Waals surface area contributed by atoms with Crippen LogP contribution in [-0.2, 0) is 17.8 Å². The highest BCUT2D eigenvalue weighted by Crippen LogP contribution is 2.32. The lowest BCUT2D eigenvalue weighted by atomic mass is 9.98. The Kier molecular flexibility index (Phi) is 5.74. The highest BCUT2D eigenvalue weighted by Gasteiger charge is 2.36. The van der Waals surface area contributed by atoms with E-state index < -0.39 is 29.1 Å². The van der Waals surface area contributed by atoms with E-state index in [2.05, 4.69) is 25.6 Å². The van der Waals surface area contributed by atoms with Gasteiger partial charge in [0.1, 0.15) is 22.9 Å². The molecule has 4 N–H and O–H groups in total. The lowest BCUT2D eigenvalue weighted by Crippen LogP contribution is -2.46. The lowest BCUT2D eigenvalue weighted by Gasteiger charge is -2.31. The van der Waals surface area contributed by atoms with Crippen LogP contribution in [-0.4, -0.2) is 21.8 Å². The van der Waals surface area contributed by atoms with E-state index in [1.54, 1.807) is 0 Å². The number of aliphatic imine (C=N–C) groups is 1. The van der Waals surface area contributed by atoms with Crippen LogP contribution in [0, 0.1) is 0 Å². The van der Waals surface area contributed by atoms with Crippen molar-refractivity contribution in [3.8, 4) is 0 Å². The van der Waals surface area contributed by atoms with Gasteiger partial charge in [0.2, 0.25) is 0 Å². The first-order chi connectivity index (χ1) is 14.3. The van der Waals surface area contributed by atoms with Gasteiger partial charge < -0.3 is 10.6 Å². The minimum atomic E-state index is -4.65. The Morgan fingerprint density at radius 1 is 1.10 bits per heavy atom. The summed E-state index contributed by atoms with van der Waals surface area (Å²) in [7, 11) is 0. The monoisotopic (exact) mass is 440 g/mol. The lowest BCUT2D eigenvalue weighted by molar-refractivity contribution is -0.141. The summed E-state index contributed by atoms with van der Waals surface area (Å²) in [5.74, 6) is -2.90. The summed E-state index contributed by atoms with van der Waals surface area (Å²) in [6.45, 7) is 4.39. The summed E-state index contributed by atoms with van der Waals surface area (Å²) >= 11 is 0. The van der Waals surface area contributed by atoms with E-state index in [4.69, 9.17) is 5.73 Å². The Hall–Kier alpha value is -3.08. The van der Waals surface area contributed by atoms with Gasteiger partial charge in [0.25, 0.3) is 5.92 Å². The van der Waals surface area contributed by atoms with Crippen molar-refractivity contribution in [2.75, 3.05) is 0 Å². The Labute approximate surface area is 175 Å². The number of rotatable bonds is 5. The van der Waals surface area contributed by atoms with Crippen molar-refractivity contribution in [3.63, 3.8) is 0 Å². The van der Waals surface area contributed by atoms with Crippen molar-refractivity contribution in [2.24, 2.45) is 10.7 Å². The van der Waals surface area contributed by atoms with Crippen molar-refractivity contribution in [2.45, 2.75) is 44.6 Å². The fraction of sp³-hybridized carbons (Fsp3) is 0.350. The number of alkyl halides is 5. The Bertz CT molecular complexity index is 1030. The summed E-state index contributed by atoms with van der Waals surface area (Å²) in [5, 5.41) is 5.95. The number of hydrogen-bond acceptors (Lipinski definition) is 6. The number of nitrogens with zero attached hydrogens (tertiary/aromatic N) is 3. The molecule has 0 saturated carbocycles. The van der Waals surface area contributed by atoms with E-state index in [1.807, 2.05) is 13.8 Å². The van der Waals surface area contributed by atoms with Crippen molar-refractivity contribution in [1.29, 1.82) is 0 Å². The minimum Gasteiger partial charge on any atom is -0.370 e. The molecule has 1 atom stereocenters. The number of hydrogen-bond donors (Lipinski definition) is 3. The van der Waals surface area contributed by atoms with Crippen molar-refractivity contribution in [3.05, 3.63) is 71.1 Å². The Morgan fingerprint density at radius 3 is 2.42 bits per heavy atom. The number of halogens is 5. The predicted molar refractivity (Wildman–Crippen MR) is 105 cm³/mol. The van der Waals surface area contributed by atoms with Gasteiger partial charge in [0.05, 0.1) is 0 Å². The number of aromatic nitrogens is 2. The molecule has 0 fully saturated rings. The second-order valence-corrected chi connectivity index (χ2v) is 7.49. The summed E-state index contributed by atoms with van der Waals surface area (Å²) in [6, 6.07) is 5.86. The molecule has 1 unspecified atom stereocenters. The molecule has 0 spiro atoms. The number of amidine groups is 1. The van der Waals surface area contributed by atoms with E-state index in [-0.39, 0.29) is 23.1 Å². The van der Waals surface area contributed by atoms with E-state index >= 15 is 0 Å². The van der Waals surface area contributed by atoms with Crippen molar-refractivity contribution < 1.29 is 22.0 Å². The molecule has 2 aromatic rings. The van der Waals surface area contributed by atoms with Crippen LogP contribution in [0.3, 0.4) is 0 Å². The average Bonchev–Trinajstić information content (AvgIpc) is 2.66. The van der Waals surface area contributed by atoms with Crippen LogP contribution in [0.2, 0.25) is 0 Å². The molecular formula is C20H21F5N6. The standard InChI is InChI=1S/C20H21F5N6/c1-11(2)28-16-10-19(26,12-7-8-27-15(9-12)18(3,21)22)31-17(30-16)13-5-4-6-14(29-13)20(23,24)25/h4-11,28H,26H2,1-3H3,(H,30,31). The molecule has 3 heterocycles. The zero-order valence-corrected chi connectivity index (χ0v) is 16.9. The first-order valence-corrected chi connectivity index (χ1v) is 9.32. The topological polar surface area (TPSA) is 88.2 Å². The number of pyridine rings is 2. The summed E-state index contributed by atoms with van der Waals surface area (Å²) in [5.41, 5.74) is 3.27. The molecule has 2 aromatic heterocycles. The molecule has 1 aliphatic heterocycles. The van der Waals surface area contributed by atoms with Gasteiger partial charge in [-0.15, -0.1) is 0 Å². The molecule has 3 rings (SSSR count). The molecule has 0 aliphatic carbocycles. The van der Waals surface area contributed by atoms with E-state index in [0.29, 0.717) is 12.7 Å². The molecule has 31 heavy (non-hydrogen) atoms. The summed E-state index contributed by atoms with van der Waals surface area (Å²) in [4.78, 5) is 11.6. The summed E-state index contributed by atoms with van der Waals surface area (Å²) < 4.78 is 66.9. The zero-order valence-electron chi connectivity index (χ0n) is 16.9. The maximum Gasteiger partial charge on any atom is 0.433 e. The first kappa shape index (κ1) is 22.6. The Morgan fingerprint density at radius 2 is 1.81 bits per heavy atom. The highest BCUT2D eigenvalue weighted by molar-refractivity contribution is 5.99. The molecule has 166 valence electrons. The molecule has 6 nitrogen and oxygen atoms in total. The highest BCUT2D eigenvalue weighted by atomic mass is 19.4. The maximum atomic E-state index is 13.8. The smallest absolute Gasteiger partial charge is 0.370 e. The van der Waals surface area contributed by atoms with Crippen LogP contribution in [0.4, 0.5) is 22.0 Å². The van der Waals surface area contributed by atoms with Crippen molar-refractivity contribution in [1.82, 2.24) is 20.6 Å². The second kappa shape index (κ2) is 7.88. The normalized spacial score (nSPS) is 19.5. The second-order valence-electron chi connectivity index (χ2n) is 7.49. The van der Waals surface area contributed by atoms with Gasteiger partial charge in [0, 0.05) is 30.8 Å². The SMILES string of the molecule is CC(C)NC1=CC(N)(c2ccnc(C(C)(F)F)c2)N=C(c2cccc(C(F)(F)F)n2)N1. The molecule has 0 amide bonds. The van der Waals surface area contributed by atoms with Crippen molar-refractivity contribution >= 4 is 5.84 Å². The van der Waals surface area contributed by atoms with Gasteiger partial charge in [-0.2, -0.15) is 22.0 Å². The predicted octanol–water partition coefficient (Wildman–Crippen LogP) is 3.61. The number of nitrogens with two attached hydrogens (primary N) is 1. The van der Waals surface area contributed by atoms with Crippen LogP contribution >= 0.6 is 0 Å². The third kappa shape index (κ3) is 5.16. The third-order valence-corrected chi connectivity index (χ3v) is 4.31. The average molecular weight is 440 g/mol. The Balaban J connectivity index is 2.12. The molecule has 11 heteroatoms. The largest absolute Gasteiger partial charge is 0.433 e. The van der Waals surface area contributed by atoms with Crippen LogP contribution < -0.4 is 16.4 Å². The fourth-order valence-electron chi connectivity index (χ4n) is 2.93. The number of nitrogens with one attached hydrogen (secondary N) is 2. The van der Waals surface area contributed by atoms with E-state index in [9.17, 15) is 22.0 Å². The zero-order chi connectivity index (χ0) is 23.0. The van der Waals surface area contributed by atoms with Gasteiger partial charge in [-0.25, -0.2) is 9.98 Å². The molecule has 1 aliphatic rings. The quantitative estimate of drug-likeness (QED) is 0.619. The van der Waals surface area contributed by atoms with Gasteiger partial charge in [0.15, 0.2) is 11.5 Å². The van der Waals surface area contributed by atoms with Gasteiger partial charge in [-0.3, -0.25) is 10.7 Å². The van der Waals surface area contributed by atoms with E-state index in [1.165, 1.54) is 30.5 Å². The fourth-order valence-corrected chi connectivity index (χ4v) is 2.93. The van der Waals surface area contributed by atoms with E-state index in [0.717, 1.165) is 12.1 Å². The van der Waals surface area contributed by atoms with Gasteiger partial charge in [-0.05, 0) is 38.1 Å². The molecule has 0 bridgehead atoms. The molecule has 0 radical (unpaired) electrons. The van der Waals surface area contributed by atoms with Crippen LogP contribution in [0.1, 0.15) is 43.4 Å². The van der Waals surface area contributed by atoms with Crippen LogP contribution in [0.15, 0.2) is 53.4 Å². The molecule has 0 aromatic carbocycles. The summed E-state index contributed by atoms with van der Waals surface area (Å²) in [6.07, 6.45) is -2.00. The third-order valence-electron chi connectivity index (χ3n) is 4.31. The molecule has 0 saturated heterocycles. The van der Waals surface area contributed by atoms with Crippen LogP contribution in [0.25, 0.3) is 0 Å².